The zero-order chi connectivity index (χ0) is 20.6. The molecule has 0 spiro atoms. The van der Waals surface area contributed by atoms with Gasteiger partial charge in [-0.25, -0.2) is 0 Å². The molecule has 0 atom stereocenters. The van der Waals surface area contributed by atoms with E-state index in [1.54, 1.807) is 12.0 Å². The number of fused-ring (bicyclic) bond motifs is 1. The third-order valence-electron chi connectivity index (χ3n) is 4.81. The van der Waals surface area contributed by atoms with Crippen molar-refractivity contribution in [3.8, 4) is 17.2 Å². The van der Waals surface area contributed by atoms with Gasteiger partial charge < -0.3 is 24.4 Å². The summed E-state index contributed by atoms with van der Waals surface area (Å²) < 4.78 is 15.8. The smallest absolute Gasteiger partial charge is 0.231 e. The van der Waals surface area contributed by atoms with Gasteiger partial charge >= 0.3 is 0 Å². The average Bonchev–Trinajstić information content (AvgIpc) is 3.20. The molecular formula is C22H26N2O5. The van der Waals surface area contributed by atoms with E-state index in [4.69, 9.17) is 14.2 Å². The number of nitrogens with one attached hydrogen (secondary N) is 1. The van der Waals surface area contributed by atoms with Gasteiger partial charge in [-0.15, -0.1) is 0 Å². The van der Waals surface area contributed by atoms with Crippen molar-refractivity contribution in [2.24, 2.45) is 0 Å². The first-order valence-electron chi connectivity index (χ1n) is 9.59. The molecule has 0 saturated heterocycles. The van der Waals surface area contributed by atoms with Crippen LogP contribution < -0.4 is 19.5 Å². The number of carbonyl (C=O) groups is 2. The highest BCUT2D eigenvalue weighted by atomic mass is 16.7. The van der Waals surface area contributed by atoms with Crippen molar-refractivity contribution in [3.63, 3.8) is 0 Å². The third-order valence-corrected chi connectivity index (χ3v) is 4.81. The number of rotatable bonds is 9. The fourth-order valence-electron chi connectivity index (χ4n) is 3.06. The summed E-state index contributed by atoms with van der Waals surface area (Å²) in [6.07, 6.45) is 0.981. The van der Waals surface area contributed by atoms with E-state index in [0.717, 1.165) is 23.3 Å². The first kappa shape index (κ1) is 20.5. The Morgan fingerprint density at radius 3 is 2.48 bits per heavy atom. The van der Waals surface area contributed by atoms with Crippen LogP contribution in [0.1, 0.15) is 24.5 Å². The first-order valence-corrected chi connectivity index (χ1v) is 9.59. The number of hydrogen-bond donors (Lipinski definition) is 1. The molecular weight excluding hydrogens is 372 g/mol. The van der Waals surface area contributed by atoms with Crippen molar-refractivity contribution < 1.29 is 23.8 Å². The number of carbonyl (C=O) groups excluding carboxylic acids is 2. The topological polar surface area (TPSA) is 77.1 Å². The molecule has 1 heterocycles. The minimum Gasteiger partial charge on any atom is -0.497 e. The van der Waals surface area contributed by atoms with Gasteiger partial charge in [0.25, 0.3) is 0 Å². The van der Waals surface area contributed by atoms with Crippen molar-refractivity contribution in [1.82, 2.24) is 10.2 Å². The van der Waals surface area contributed by atoms with Gasteiger partial charge in [-0.05, 0) is 41.8 Å². The van der Waals surface area contributed by atoms with Crippen LogP contribution >= 0.6 is 0 Å². The molecule has 7 nitrogen and oxygen atoms in total. The fourth-order valence-corrected chi connectivity index (χ4v) is 3.06. The van der Waals surface area contributed by atoms with Crippen molar-refractivity contribution in [3.05, 3.63) is 53.6 Å². The van der Waals surface area contributed by atoms with Crippen LogP contribution in [-0.4, -0.2) is 43.7 Å². The molecule has 3 rings (SSSR count). The van der Waals surface area contributed by atoms with Crippen LogP contribution in [0.5, 0.6) is 17.2 Å². The molecule has 0 aliphatic carbocycles. The highest BCUT2D eigenvalue weighted by Gasteiger charge is 2.14. The minimum atomic E-state index is -0.0987. The SMILES string of the molecule is COc1ccc(CCN(CCC(=O)NCc2ccc3c(c2)OCO3)C(C)=O)cc1. The Morgan fingerprint density at radius 2 is 1.76 bits per heavy atom. The minimum absolute atomic E-state index is 0.0397. The molecule has 1 aliphatic heterocycles. The molecule has 0 fully saturated rings. The molecule has 2 aromatic rings. The Kier molecular flexibility index (Phi) is 6.94. The molecule has 154 valence electrons. The monoisotopic (exact) mass is 398 g/mol. The zero-order valence-corrected chi connectivity index (χ0v) is 16.8. The van der Waals surface area contributed by atoms with Crippen molar-refractivity contribution >= 4 is 11.8 Å². The molecule has 0 bridgehead atoms. The molecule has 2 amide bonds. The number of ether oxygens (including phenoxy) is 3. The maximum absolute atomic E-state index is 12.2. The van der Waals surface area contributed by atoms with Crippen LogP contribution in [0.4, 0.5) is 0 Å². The predicted octanol–water partition coefficient (Wildman–Crippen LogP) is 2.52. The molecule has 0 unspecified atom stereocenters. The molecule has 0 saturated carbocycles. The second kappa shape index (κ2) is 9.82. The average molecular weight is 398 g/mol. The Bertz CT molecular complexity index is 851. The summed E-state index contributed by atoms with van der Waals surface area (Å²) >= 11 is 0. The summed E-state index contributed by atoms with van der Waals surface area (Å²) in [5, 5.41) is 2.88. The third kappa shape index (κ3) is 5.88. The summed E-state index contributed by atoms with van der Waals surface area (Å²) in [5.41, 5.74) is 2.05. The van der Waals surface area contributed by atoms with E-state index >= 15 is 0 Å². The second-order valence-corrected chi connectivity index (χ2v) is 6.82. The molecule has 0 radical (unpaired) electrons. The second-order valence-electron chi connectivity index (χ2n) is 6.82. The fraction of sp³-hybridized carbons (Fsp3) is 0.364. The summed E-state index contributed by atoms with van der Waals surface area (Å²) in [5.74, 6) is 2.07. The highest BCUT2D eigenvalue weighted by molar-refractivity contribution is 5.78. The largest absolute Gasteiger partial charge is 0.497 e. The van der Waals surface area contributed by atoms with Gasteiger partial charge in [-0.1, -0.05) is 18.2 Å². The Balaban J connectivity index is 1.43. The summed E-state index contributed by atoms with van der Waals surface area (Å²) in [6, 6.07) is 13.4. The highest BCUT2D eigenvalue weighted by Crippen LogP contribution is 2.32. The van der Waals surface area contributed by atoms with Crippen LogP contribution in [0.25, 0.3) is 0 Å². The lowest BCUT2D eigenvalue weighted by molar-refractivity contribution is -0.129. The van der Waals surface area contributed by atoms with Crippen LogP contribution in [0.2, 0.25) is 0 Å². The van der Waals surface area contributed by atoms with Gasteiger partial charge in [-0.2, -0.15) is 0 Å². The van der Waals surface area contributed by atoms with E-state index < -0.39 is 0 Å². The van der Waals surface area contributed by atoms with E-state index in [0.29, 0.717) is 31.1 Å². The van der Waals surface area contributed by atoms with Gasteiger partial charge in [0, 0.05) is 33.0 Å². The molecule has 7 heteroatoms. The Hall–Kier alpha value is -3.22. The standard InChI is InChI=1S/C22H26N2O5/c1-16(25)24(11-9-17-3-6-19(27-2)7-4-17)12-10-22(26)23-14-18-5-8-20-21(13-18)29-15-28-20/h3-8,13H,9-12,14-15H2,1-2H3,(H,23,26). The lowest BCUT2D eigenvalue weighted by atomic mass is 10.1. The summed E-state index contributed by atoms with van der Waals surface area (Å²) in [4.78, 5) is 25.8. The van der Waals surface area contributed by atoms with Crippen molar-refractivity contribution in [2.45, 2.75) is 26.3 Å². The maximum Gasteiger partial charge on any atom is 0.231 e. The number of methoxy groups -OCH3 is 1. The summed E-state index contributed by atoms with van der Waals surface area (Å²) in [6.45, 7) is 3.11. The molecule has 1 N–H and O–H groups in total. The Labute approximate surface area is 170 Å². The number of hydrogen-bond acceptors (Lipinski definition) is 5. The van der Waals surface area contributed by atoms with Gasteiger partial charge in [0.15, 0.2) is 11.5 Å². The molecule has 29 heavy (non-hydrogen) atoms. The van der Waals surface area contributed by atoms with Crippen molar-refractivity contribution in [1.29, 1.82) is 0 Å². The number of benzene rings is 2. The van der Waals surface area contributed by atoms with E-state index in [-0.39, 0.29) is 25.0 Å². The zero-order valence-electron chi connectivity index (χ0n) is 16.8. The first-order chi connectivity index (χ1) is 14.0. The molecule has 1 aliphatic rings. The van der Waals surface area contributed by atoms with Crippen molar-refractivity contribution in [2.75, 3.05) is 27.0 Å². The quantitative estimate of drug-likeness (QED) is 0.702. The van der Waals surface area contributed by atoms with Gasteiger partial charge in [-0.3, -0.25) is 9.59 Å². The van der Waals surface area contributed by atoms with Gasteiger partial charge in [0.05, 0.1) is 7.11 Å². The Morgan fingerprint density at radius 1 is 1.03 bits per heavy atom. The van der Waals surface area contributed by atoms with Crippen LogP contribution in [0, 0.1) is 0 Å². The van der Waals surface area contributed by atoms with E-state index in [2.05, 4.69) is 5.32 Å². The molecule has 0 aromatic heterocycles. The van der Waals surface area contributed by atoms with E-state index in [9.17, 15) is 9.59 Å². The predicted molar refractivity (Wildman–Crippen MR) is 108 cm³/mol. The molecule has 2 aromatic carbocycles. The van der Waals surface area contributed by atoms with Gasteiger partial charge in [0.1, 0.15) is 5.75 Å². The lowest BCUT2D eigenvalue weighted by Gasteiger charge is -2.21. The van der Waals surface area contributed by atoms with E-state index in [1.807, 2.05) is 42.5 Å². The number of amides is 2. The summed E-state index contributed by atoms with van der Waals surface area (Å²) in [7, 11) is 1.63. The van der Waals surface area contributed by atoms with Gasteiger partial charge in [0.2, 0.25) is 18.6 Å². The van der Waals surface area contributed by atoms with E-state index in [1.165, 1.54) is 6.92 Å². The lowest BCUT2D eigenvalue weighted by Crippen LogP contribution is -2.35. The van der Waals surface area contributed by atoms with Crippen LogP contribution in [0.15, 0.2) is 42.5 Å². The normalized spacial score (nSPS) is 11.8. The van der Waals surface area contributed by atoms with Crippen LogP contribution in [-0.2, 0) is 22.6 Å². The number of nitrogens with zero attached hydrogens (tertiary/aromatic N) is 1. The maximum atomic E-state index is 12.2. The van der Waals surface area contributed by atoms with Crippen LogP contribution in [0.3, 0.4) is 0 Å².